The first-order chi connectivity index (χ1) is 6.63. The van der Waals surface area contributed by atoms with Crippen molar-refractivity contribution in [2.45, 2.75) is 25.8 Å². The number of rotatable bonds is 5. The Morgan fingerprint density at radius 2 is 2.43 bits per heavy atom. The van der Waals surface area contributed by atoms with Gasteiger partial charge in [-0.25, -0.2) is 0 Å². The van der Waals surface area contributed by atoms with Crippen molar-refractivity contribution >= 4 is 22.9 Å². The quantitative estimate of drug-likeness (QED) is 0.463. The Labute approximate surface area is 93.7 Å². The number of nitrogens with one attached hydrogen (secondary N) is 1. The second-order valence-electron chi connectivity index (χ2n) is 3.36. The van der Waals surface area contributed by atoms with Crippen LogP contribution >= 0.6 is 22.9 Å². The van der Waals surface area contributed by atoms with Crippen molar-refractivity contribution < 1.29 is 0 Å². The van der Waals surface area contributed by atoms with E-state index >= 15 is 0 Å². The standard InChI is InChI=1S/C10H15ClN2S/c1-7(2)3-4-8(13-12)9-5-6-10(11)14-9/h5-6,8,13H,1,3-4,12H2,2H3. The third-order valence-electron chi connectivity index (χ3n) is 2.00. The van der Waals surface area contributed by atoms with E-state index in [2.05, 4.69) is 12.0 Å². The zero-order valence-corrected chi connectivity index (χ0v) is 9.79. The van der Waals surface area contributed by atoms with Gasteiger partial charge in [-0.15, -0.1) is 17.9 Å². The summed E-state index contributed by atoms with van der Waals surface area (Å²) in [5.41, 5.74) is 3.97. The maximum absolute atomic E-state index is 5.86. The Hall–Kier alpha value is -0.350. The molecule has 0 aromatic carbocycles. The van der Waals surface area contributed by atoms with Gasteiger partial charge in [0, 0.05) is 4.88 Å². The molecule has 2 nitrogen and oxygen atoms in total. The molecule has 0 radical (unpaired) electrons. The van der Waals surface area contributed by atoms with Crippen molar-refractivity contribution in [2.24, 2.45) is 5.84 Å². The summed E-state index contributed by atoms with van der Waals surface area (Å²) in [6.45, 7) is 5.89. The normalized spacial score (nSPS) is 12.8. The molecule has 1 rings (SSSR count). The molecule has 4 heteroatoms. The summed E-state index contributed by atoms with van der Waals surface area (Å²) >= 11 is 7.42. The van der Waals surface area contributed by atoms with E-state index in [0.717, 1.165) is 17.2 Å². The minimum Gasteiger partial charge on any atom is -0.271 e. The number of halogens is 1. The van der Waals surface area contributed by atoms with E-state index in [1.165, 1.54) is 10.5 Å². The molecule has 1 atom stereocenters. The fourth-order valence-corrected chi connectivity index (χ4v) is 2.37. The summed E-state index contributed by atoms with van der Waals surface area (Å²) in [5.74, 6) is 5.48. The highest BCUT2D eigenvalue weighted by Gasteiger charge is 2.11. The molecule has 0 amide bonds. The fourth-order valence-electron chi connectivity index (χ4n) is 1.21. The van der Waals surface area contributed by atoms with Gasteiger partial charge >= 0.3 is 0 Å². The number of nitrogens with two attached hydrogens (primary N) is 1. The third-order valence-corrected chi connectivity index (χ3v) is 3.34. The zero-order chi connectivity index (χ0) is 10.6. The predicted molar refractivity (Wildman–Crippen MR) is 63.4 cm³/mol. The molecule has 78 valence electrons. The largest absolute Gasteiger partial charge is 0.271 e. The lowest BCUT2D eigenvalue weighted by Crippen LogP contribution is -2.27. The molecular weight excluding hydrogens is 216 g/mol. The van der Waals surface area contributed by atoms with Crippen molar-refractivity contribution in [1.82, 2.24) is 5.43 Å². The van der Waals surface area contributed by atoms with Gasteiger partial charge in [-0.2, -0.15) is 0 Å². The maximum atomic E-state index is 5.86. The van der Waals surface area contributed by atoms with Gasteiger partial charge in [0.25, 0.3) is 0 Å². The van der Waals surface area contributed by atoms with Gasteiger partial charge in [-0.05, 0) is 31.9 Å². The molecule has 0 saturated carbocycles. The molecule has 1 aromatic heterocycles. The zero-order valence-electron chi connectivity index (χ0n) is 8.22. The monoisotopic (exact) mass is 230 g/mol. The summed E-state index contributed by atoms with van der Waals surface area (Å²) in [5, 5.41) is 0. The highest BCUT2D eigenvalue weighted by molar-refractivity contribution is 7.16. The Bertz CT molecular complexity index is 309. The van der Waals surface area contributed by atoms with Crippen LogP contribution in [0.1, 0.15) is 30.7 Å². The Morgan fingerprint density at radius 3 is 2.86 bits per heavy atom. The van der Waals surface area contributed by atoms with Gasteiger partial charge in [0.05, 0.1) is 10.4 Å². The Morgan fingerprint density at radius 1 is 1.71 bits per heavy atom. The lowest BCUT2D eigenvalue weighted by atomic mass is 10.1. The lowest BCUT2D eigenvalue weighted by Gasteiger charge is -2.13. The van der Waals surface area contributed by atoms with Crippen molar-refractivity contribution in [1.29, 1.82) is 0 Å². The third kappa shape index (κ3) is 3.42. The van der Waals surface area contributed by atoms with Gasteiger partial charge < -0.3 is 0 Å². The van der Waals surface area contributed by atoms with Crippen LogP contribution < -0.4 is 11.3 Å². The molecule has 3 N–H and O–H groups in total. The summed E-state index contributed by atoms with van der Waals surface area (Å²) in [7, 11) is 0. The molecule has 0 fully saturated rings. The Kier molecular flexibility index (Phi) is 4.62. The van der Waals surface area contributed by atoms with Gasteiger partial charge in [-0.1, -0.05) is 17.2 Å². The molecule has 0 bridgehead atoms. The number of hydrogen-bond donors (Lipinski definition) is 2. The topological polar surface area (TPSA) is 38.0 Å². The number of hydrogen-bond acceptors (Lipinski definition) is 3. The molecule has 0 aliphatic carbocycles. The lowest BCUT2D eigenvalue weighted by molar-refractivity contribution is 0.523. The van der Waals surface area contributed by atoms with Gasteiger partial charge in [0.15, 0.2) is 0 Å². The van der Waals surface area contributed by atoms with Crippen LogP contribution in [0.5, 0.6) is 0 Å². The van der Waals surface area contributed by atoms with Crippen LogP contribution in [-0.4, -0.2) is 0 Å². The summed E-state index contributed by atoms with van der Waals surface area (Å²) < 4.78 is 0.801. The first-order valence-corrected chi connectivity index (χ1v) is 5.68. The number of hydrazine groups is 1. The average molecular weight is 231 g/mol. The van der Waals surface area contributed by atoms with E-state index in [1.54, 1.807) is 11.3 Å². The first kappa shape index (κ1) is 11.7. The van der Waals surface area contributed by atoms with Crippen LogP contribution in [0.2, 0.25) is 4.34 Å². The molecule has 1 heterocycles. The second-order valence-corrected chi connectivity index (χ2v) is 5.10. The van der Waals surface area contributed by atoms with E-state index in [4.69, 9.17) is 17.4 Å². The molecule has 14 heavy (non-hydrogen) atoms. The van der Waals surface area contributed by atoms with Gasteiger partial charge in [0.2, 0.25) is 0 Å². The predicted octanol–water partition coefficient (Wildman–Crippen LogP) is 3.26. The van der Waals surface area contributed by atoms with Crippen LogP contribution in [0.3, 0.4) is 0 Å². The molecule has 1 aromatic rings. The van der Waals surface area contributed by atoms with Crippen LogP contribution in [0.4, 0.5) is 0 Å². The van der Waals surface area contributed by atoms with E-state index in [-0.39, 0.29) is 6.04 Å². The van der Waals surface area contributed by atoms with Crippen molar-refractivity contribution in [3.05, 3.63) is 33.5 Å². The minimum atomic E-state index is 0.184. The van der Waals surface area contributed by atoms with Crippen LogP contribution in [0.15, 0.2) is 24.3 Å². The maximum Gasteiger partial charge on any atom is 0.0931 e. The van der Waals surface area contributed by atoms with Crippen LogP contribution in [0.25, 0.3) is 0 Å². The van der Waals surface area contributed by atoms with Crippen LogP contribution in [-0.2, 0) is 0 Å². The van der Waals surface area contributed by atoms with Crippen molar-refractivity contribution in [3.8, 4) is 0 Å². The molecule has 0 aliphatic rings. The molecular formula is C10H15ClN2S. The van der Waals surface area contributed by atoms with Crippen molar-refractivity contribution in [3.63, 3.8) is 0 Å². The summed E-state index contributed by atoms with van der Waals surface area (Å²) in [4.78, 5) is 1.18. The van der Waals surface area contributed by atoms with Crippen LogP contribution in [0, 0.1) is 0 Å². The van der Waals surface area contributed by atoms with Gasteiger partial charge in [-0.3, -0.25) is 11.3 Å². The SMILES string of the molecule is C=C(C)CCC(NN)c1ccc(Cl)s1. The summed E-state index contributed by atoms with van der Waals surface area (Å²) in [6.07, 6.45) is 1.94. The molecule has 0 saturated heterocycles. The van der Waals surface area contributed by atoms with E-state index in [0.29, 0.717) is 0 Å². The highest BCUT2D eigenvalue weighted by atomic mass is 35.5. The fraction of sp³-hybridized carbons (Fsp3) is 0.400. The molecule has 0 spiro atoms. The second kappa shape index (κ2) is 5.51. The first-order valence-electron chi connectivity index (χ1n) is 4.49. The molecule has 0 aliphatic heterocycles. The van der Waals surface area contributed by atoms with E-state index in [1.807, 2.05) is 19.1 Å². The average Bonchev–Trinajstić information content (AvgIpc) is 2.53. The smallest absolute Gasteiger partial charge is 0.0931 e. The summed E-state index contributed by atoms with van der Waals surface area (Å²) in [6, 6.07) is 4.09. The Balaban J connectivity index is 2.58. The van der Waals surface area contributed by atoms with Crippen molar-refractivity contribution in [2.75, 3.05) is 0 Å². The number of thiophene rings is 1. The number of allylic oxidation sites excluding steroid dienone is 1. The minimum absolute atomic E-state index is 0.184. The van der Waals surface area contributed by atoms with E-state index < -0.39 is 0 Å². The van der Waals surface area contributed by atoms with E-state index in [9.17, 15) is 0 Å². The van der Waals surface area contributed by atoms with Gasteiger partial charge in [0.1, 0.15) is 0 Å². The highest BCUT2D eigenvalue weighted by Crippen LogP contribution is 2.29. The molecule has 1 unspecified atom stereocenters.